The van der Waals surface area contributed by atoms with Crippen molar-refractivity contribution >= 4 is 45.8 Å². The number of carbonyl (C=O) groups excluding carboxylic acids is 4. The molecule has 2 aromatic carbocycles. The van der Waals surface area contributed by atoms with Gasteiger partial charge in [0.15, 0.2) is 6.61 Å². The van der Waals surface area contributed by atoms with Gasteiger partial charge in [0, 0.05) is 0 Å². The summed E-state index contributed by atoms with van der Waals surface area (Å²) in [7, 11) is 1.47. The van der Waals surface area contributed by atoms with E-state index in [1.807, 2.05) is 0 Å². The van der Waals surface area contributed by atoms with E-state index in [2.05, 4.69) is 15.5 Å². The van der Waals surface area contributed by atoms with Crippen molar-refractivity contribution in [2.24, 2.45) is 0 Å². The number of imide groups is 1. The maximum atomic E-state index is 12.7. The van der Waals surface area contributed by atoms with Crippen LogP contribution in [0.3, 0.4) is 0 Å². The van der Waals surface area contributed by atoms with Crippen molar-refractivity contribution in [2.45, 2.75) is 6.92 Å². The number of para-hydroxylation sites is 2. The van der Waals surface area contributed by atoms with Gasteiger partial charge in [0.05, 0.1) is 29.5 Å². The minimum Gasteiger partial charge on any atom is -0.495 e. The van der Waals surface area contributed by atoms with Crippen LogP contribution < -0.4 is 15.0 Å². The van der Waals surface area contributed by atoms with Gasteiger partial charge in [-0.05, 0) is 37.3 Å². The fourth-order valence-corrected chi connectivity index (χ4v) is 3.75. The van der Waals surface area contributed by atoms with Gasteiger partial charge in [0.25, 0.3) is 17.7 Å². The summed E-state index contributed by atoms with van der Waals surface area (Å²) < 4.78 is 10.2. The molecule has 4 rings (SSSR count). The average Bonchev–Trinajstić information content (AvgIpc) is 3.32. The largest absolute Gasteiger partial charge is 0.495 e. The topological polar surface area (TPSA) is 128 Å². The van der Waals surface area contributed by atoms with Gasteiger partial charge in [-0.3, -0.25) is 14.4 Å². The second-order valence-corrected chi connectivity index (χ2v) is 7.79. The van der Waals surface area contributed by atoms with Gasteiger partial charge in [-0.15, -0.1) is 10.2 Å². The molecule has 0 fully saturated rings. The van der Waals surface area contributed by atoms with Crippen LogP contribution in [0, 0.1) is 6.92 Å². The van der Waals surface area contributed by atoms with Crippen LogP contribution in [0.4, 0.5) is 10.8 Å². The molecule has 0 aliphatic carbocycles. The Kier molecular flexibility index (Phi) is 5.65. The Morgan fingerprint density at radius 1 is 1.06 bits per heavy atom. The zero-order chi connectivity index (χ0) is 22.8. The van der Waals surface area contributed by atoms with Gasteiger partial charge < -0.3 is 14.8 Å². The number of ether oxygens (including phenoxy) is 2. The Bertz CT molecular complexity index is 1250. The third-order valence-electron chi connectivity index (χ3n) is 4.54. The minimum atomic E-state index is -0.812. The van der Waals surface area contributed by atoms with Crippen molar-refractivity contribution in [3.8, 4) is 5.75 Å². The number of nitrogens with one attached hydrogen (secondary N) is 1. The number of benzene rings is 2. The monoisotopic (exact) mass is 452 g/mol. The molecular weight excluding hydrogens is 436 g/mol. The van der Waals surface area contributed by atoms with Gasteiger partial charge in [-0.25, -0.2) is 9.69 Å². The van der Waals surface area contributed by atoms with E-state index in [1.165, 1.54) is 25.3 Å². The van der Waals surface area contributed by atoms with E-state index in [4.69, 9.17) is 9.47 Å². The van der Waals surface area contributed by atoms with Crippen molar-refractivity contribution in [1.29, 1.82) is 0 Å². The molecule has 0 saturated carbocycles. The zero-order valence-electron chi connectivity index (χ0n) is 16.9. The van der Waals surface area contributed by atoms with Crippen LogP contribution in [0.15, 0.2) is 42.5 Å². The predicted octanol–water partition coefficient (Wildman–Crippen LogP) is 2.45. The maximum Gasteiger partial charge on any atom is 0.338 e. The summed E-state index contributed by atoms with van der Waals surface area (Å²) in [5, 5.41) is 11.0. The molecule has 1 aliphatic rings. The Morgan fingerprint density at radius 3 is 2.53 bits per heavy atom. The molecule has 3 amide bonds. The number of aryl methyl sites for hydroxylation is 1. The molecule has 10 nitrogen and oxygen atoms in total. The molecule has 1 aliphatic heterocycles. The van der Waals surface area contributed by atoms with Gasteiger partial charge in [0.1, 0.15) is 10.8 Å². The number of carbonyl (C=O) groups is 4. The molecular formula is C21H16N4O6S. The van der Waals surface area contributed by atoms with Gasteiger partial charge >= 0.3 is 5.97 Å². The number of fused-ring (bicyclic) bond motifs is 1. The lowest BCUT2D eigenvalue weighted by Crippen LogP contribution is -2.29. The highest BCUT2D eigenvalue weighted by molar-refractivity contribution is 7.15. The highest BCUT2D eigenvalue weighted by atomic mass is 32.1. The molecule has 11 heteroatoms. The summed E-state index contributed by atoms with van der Waals surface area (Å²) in [6.07, 6.45) is 0. The highest BCUT2D eigenvalue weighted by Crippen LogP contribution is 2.31. The molecule has 0 spiro atoms. The molecule has 1 aromatic heterocycles. The number of hydrogen-bond acceptors (Lipinski definition) is 9. The molecule has 1 N–H and O–H groups in total. The van der Waals surface area contributed by atoms with Crippen LogP contribution >= 0.6 is 11.3 Å². The van der Waals surface area contributed by atoms with E-state index in [0.29, 0.717) is 16.4 Å². The molecule has 0 radical (unpaired) electrons. The molecule has 0 unspecified atom stereocenters. The number of methoxy groups -OCH3 is 1. The quantitative estimate of drug-likeness (QED) is 0.446. The van der Waals surface area contributed by atoms with Crippen LogP contribution in [0.5, 0.6) is 5.75 Å². The van der Waals surface area contributed by atoms with Crippen molar-refractivity contribution < 1.29 is 28.7 Å². The number of anilines is 2. The number of nitrogens with zero attached hydrogens (tertiary/aromatic N) is 3. The zero-order valence-corrected chi connectivity index (χ0v) is 17.8. The van der Waals surface area contributed by atoms with E-state index >= 15 is 0 Å². The normalized spacial score (nSPS) is 12.5. The Balaban J connectivity index is 1.44. The van der Waals surface area contributed by atoms with E-state index in [1.54, 1.807) is 31.2 Å². The summed E-state index contributed by atoms with van der Waals surface area (Å²) in [6, 6.07) is 10.8. The smallest absolute Gasteiger partial charge is 0.338 e. The van der Waals surface area contributed by atoms with E-state index in [9.17, 15) is 19.2 Å². The van der Waals surface area contributed by atoms with Gasteiger partial charge in [0.2, 0.25) is 5.13 Å². The maximum absolute atomic E-state index is 12.7. The summed E-state index contributed by atoms with van der Waals surface area (Å²) >= 11 is 1.11. The van der Waals surface area contributed by atoms with Crippen LogP contribution in [-0.2, 0) is 9.53 Å². The summed E-state index contributed by atoms with van der Waals surface area (Å²) in [5.74, 6) is -2.06. The predicted molar refractivity (Wildman–Crippen MR) is 114 cm³/mol. The molecule has 32 heavy (non-hydrogen) atoms. The van der Waals surface area contributed by atoms with E-state index < -0.39 is 30.3 Å². The van der Waals surface area contributed by atoms with Crippen molar-refractivity contribution in [3.05, 3.63) is 64.2 Å². The fraction of sp³-hybridized carbons (Fsp3) is 0.143. The second kappa shape index (κ2) is 8.55. The Labute approximate surface area is 185 Å². The van der Waals surface area contributed by atoms with Crippen molar-refractivity contribution in [3.63, 3.8) is 0 Å². The van der Waals surface area contributed by atoms with Gasteiger partial charge in [-0.1, -0.05) is 23.5 Å². The van der Waals surface area contributed by atoms with E-state index in [0.717, 1.165) is 16.2 Å². The first kappa shape index (κ1) is 21.1. The summed E-state index contributed by atoms with van der Waals surface area (Å²) in [5.41, 5.74) is 0.666. The van der Waals surface area contributed by atoms with Crippen LogP contribution in [0.2, 0.25) is 0 Å². The highest BCUT2D eigenvalue weighted by Gasteiger charge is 2.39. The molecule has 0 atom stereocenters. The number of hydrogen-bond donors (Lipinski definition) is 1. The Morgan fingerprint density at radius 2 is 1.81 bits per heavy atom. The summed E-state index contributed by atoms with van der Waals surface area (Å²) in [6.45, 7) is 1.16. The first-order valence-electron chi connectivity index (χ1n) is 9.32. The summed E-state index contributed by atoms with van der Waals surface area (Å²) in [4.78, 5) is 50.8. The minimum absolute atomic E-state index is 0.0327. The van der Waals surface area contributed by atoms with Crippen LogP contribution in [0.25, 0.3) is 0 Å². The fourth-order valence-electron chi connectivity index (χ4n) is 3.07. The average molecular weight is 452 g/mol. The Hall–Kier alpha value is -4.12. The van der Waals surface area contributed by atoms with Gasteiger partial charge in [-0.2, -0.15) is 0 Å². The third kappa shape index (κ3) is 3.93. The lowest BCUT2D eigenvalue weighted by atomic mass is 10.1. The van der Waals surface area contributed by atoms with Crippen LogP contribution in [-0.4, -0.2) is 47.6 Å². The van der Waals surface area contributed by atoms with Crippen molar-refractivity contribution in [1.82, 2.24) is 10.2 Å². The third-order valence-corrected chi connectivity index (χ3v) is 5.37. The lowest BCUT2D eigenvalue weighted by molar-refractivity contribution is -0.119. The molecule has 162 valence electrons. The molecule has 0 saturated heterocycles. The lowest BCUT2D eigenvalue weighted by Gasteiger charge is -2.10. The SMILES string of the molecule is COc1ccccc1NC(=O)COC(=O)c1ccc2c(c1)C(=O)N(c1nnc(C)s1)C2=O. The first-order chi connectivity index (χ1) is 15.4. The number of aromatic nitrogens is 2. The first-order valence-corrected chi connectivity index (χ1v) is 10.1. The number of esters is 1. The molecule has 2 heterocycles. The molecule has 3 aromatic rings. The number of rotatable bonds is 6. The standard InChI is InChI=1S/C21H16N4O6S/c1-11-23-24-21(32-11)25-18(27)13-8-7-12(9-14(13)19(25)28)20(29)31-10-17(26)22-15-5-3-4-6-16(15)30-2/h3-9H,10H2,1-2H3,(H,22,26). The van der Waals surface area contributed by atoms with Crippen molar-refractivity contribution in [2.75, 3.05) is 23.9 Å². The van der Waals surface area contributed by atoms with E-state index in [-0.39, 0.29) is 21.8 Å². The second-order valence-electron chi connectivity index (χ2n) is 6.63. The van der Waals surface area contributed by atoms with Crippen LogP contribution in [0.1, 0.15) is 36.1 Å². The molecule has 0 bridgehead atoms. The number of amides is 3.